The van der Waals surface area contributed by atoms with Gasteiger partial charge in [0.1, 0.15) is 17.2 Å². The van der Waals surface area contributed by atoms with Crippen molar-refractivity contribution in [2.75, 3.05) is 18.2 Å². The molecule has 1 amide bonds. The number of rotatable bonds is 11. The maximum Gasteiger partial charge on any atom is 0.233 e. The Morgan fingerprint density at radius 1 is 1.12 bits per heavy atom. The maximum atomic E-state index is 13.4. The van der Waals surface area contributed by atoms with E-state index in [4.69, 9.17) is 9.72 Å². The van der Waals surface area contributed by atoms with Crippen LogP contribution in [-0.4, -0.2) is 34.1 Å². The van der Waals surface area contributed by atoms with E-state index in [1.807, 2.05) is 78.4 Å². The number of hydrogen-bond donors (Lipinski definition) is 1. The van der Waals surface area contributed by atoms with Gasteiger partial charge in [-0.3, -0.25) is 9.59 Å². The van der Waals surface area contributed by atoms with Gasteiger partial charge in [0.2, 0.25) is 5.91 Å². The number of aromatic nitrogens is 2. The van der Waals surface area contributed by atoms with Crippen molar-refractivity contribution in [1.82, 2.24) is 9.55 Å². The van der Waals surface area contributed by atoms with Gasteiger partial charge in [0.15, 0.2) is 11.0 Å². The molecule has 7 heteroatoms. The van der Waals surface area contributed by atoms with Crippen molar-refractivity contribution in [3.05, 3.63) is 84.1 Å². The molecule has 0 fully saturated rings. The molecule has 0 aliphatic heterocycles. The summed E-state index contributed by atoms with van der Waals surface area (Å²) in [4.78, 5) is 30.0. The van der Waals surface area contributed by atoms with E-state index in [0.29, 0.717) is 30.4 Å². The first-order valence-corrected chi connectivity index (χ1v) is 12.0. The van der Waals surface area contributed by atoms with Gasteiger partial charge < -0.3 is 14.6 Å². The van der Waals surface area contributed by atoms with E-state index in [9.17, 15) is 9.59 Å². The second kappa shape index (κ2) is 11.5. The monoisotopic (exact) mass is 463 g/mol. The molecule has 6 nitrogen and oxygen atoms in total. The molecule has 2 aromatic carbocycles. The van der Waals surface area contributed by atoms with E-state index in [1.165, 1.54) is 18.7 Å². The van der Waals surface area contributed by atoms with E-state index in [2.05, 4.69) is 11.9 Å². The van der Waals surface area contributed by atoms with E-state index in [1.54, 1.807) is 0 Å². The molecule has 3 aromatic rings. The molecule has 0 saturated heterocycles. The Bertz CT molecular complexity index is 1110. The number of anilines is 1. The summed E-state index contributed by atoms with van der Waals surface area (Å²) in [6, 6.07) is 19.3. The minimum atomic E-state index is -0.617. The summed E-state index contributed by atoms with van der Waals surface area (Å²) >= 11 is 1.48. The third-order valence-electron chi connectivity index (χ3n) is 5.13. The largest absolute Gasteiger partial charge is 0.492 e. The Kier molecular flexibility index (Phi) is 8.49. The topological polar surface area (TPSA) is 73.2 Å². The van der Waals surface area contributed by atoms with Crippen molar-refractivity contribution in [2.24, 2.45) is 0 Å². The first kappa shape index (κ1) is 24.3. The number of ketones is 1. The summed E-state index contributed by atoms with van der Waals surface area (Å²) in [7, 11) is 0. The molecule has 1 unspecified atom stereocenters. The number of ether oxygens (including phenoxy) is 1. The molecule has 0 spiro atoms. The van der Waals surface area contributed by atoms with Gasteiger partial charge in [-0.05, 0) is 31.2 Å². The molecule has 1 aromatic heterocycles. The van der Waals surface area contributed by atoms with Crippen LogP contribution in [0, 0.1) is 0 Å². The molecule has 0 saturated carbocycles. The summed E-state index contributed by atoms with van der Waals surface area (Å²) in [5, 5.41) is 3.69. The molecule has 172 valence electrons. The number of thioether (sulfide) groups is 1. The number of nitrogens with one attached hydrogen (secondary N) is 1. The predicted molar refractivity (Wildman–Crippen MR) is 133 cm³/mol. The molecule has 1 atom stereocenters. The fourth-order valence-corrected chi connectivity index (χ4v) is 4.21. The lowest BCUT2D eigenvalue weighted by atomic mass is 9.93. The minimum Gasteiger partial charge on any atom is -0.492 e. The quantitative estimate of drug-likeness (QED) is 0.306. The molecule has 0 aliphatic rings. The van der Waals surface area contributed by atoms with Crippen LogP contribution in [0.4, 0.5) is 5.82 Å². The van der Waals surface area contributed by atoms with Gasteiger partial charge >= 0.3 is 0 Å². The van der Waals surface area contributed by atoms with Crippen LogP contribution < -0.4 is 5.32 Å². The zero-order valence-electron chi connectivity index (χ0n) is 19.2. The highest BCUT2D eigenvalue weighted by molar-refractivity contribution is 7.98. The summed E-state index contributed by atoms with van der Waals surface area (Å²) in [6.45, 7) is 8.45. The Labute approximate surface area is 199 Å². The normalized spacial score (nSPS) is 11.6. The Hall–Kier alpha value is -3.32. The fourth-order valence-electron chi connectivity index (χ4n) is 3.65. The standard InChI is InChI=1S/C26H29N3O3S/c1-5-32-19(3)23-24(28-26(33-4)29(23)17-20-12-8-6-9-13-20)27-25(31)22(16-18(2)30)21-14-10-7-11-15-21/h6-15,22H,3,5,16-17H2,1-2,4H3,(H,27,31). The first-order chi connectivity index (χ1) is 15.9. The lowest BCUT2D eigenvalue weighted by Gasteiger charge is -2.17. The van der Waals surface area contributed by atoms with E-state index < -0.39 is 5.92 Å². The maximum absolute atomic E-state index is 13.4. The fraction of sp³-hybridized carbons (Fsp3) is 0.269. The molecule has 0 bridgehead atoms. The van der Waals surface area contributed by atoms with E-state index in [0.717, 1.165) is 16.3 Å². The Balaban J connectivity index is 2.01. The summed E-state index contributed by atoms with van der Waals surface area (Å²) in [5.74, 6) is -0.159. The molecule has 0 aliphatic carbocycles. The van der Waals surface area contributed by atoms with Crippen molar-refractivity contribution < 1.29 is 14.3 Å². The van der Waals surface area contributed by atoms with Crippen LogP contribution in [0.5, 0.6) is 0 Å². The van der Waals surface area contributed by atoms with Crippen LogP contribution in [0.3, 0.4) is 0 Å². The average Bonchev–Trinajstić information content (AvgIpc) is 3.15. The van der Waals surface area contributed by atoms with Crippen LogP contribution in [0.15, 0.2) is 72.4 Å². The Morgan fingerprint density at radius 3 is 2.33 bits per heavy atom. The predicted octanol–water partition coefficient (Wildman–Crippen LogP) is 5.36. The van der Waals surface area contributed by atoms with Crippen LogP contribution in [0.2, 0.25) is 0 Å². The average molecular weight is 464 g/mol. The van der Waals surface area contributed by atoms with Gasteiger partial charge in [-0.2, -0.15) is 0 Å². The number of nitrogens with zero attached hydrogens (tertiary/aromatic N) is 2. The van der Waals surface area contributed by atoms with Crippen molar-refractivity contribution in [2.45, 2.75) is 37.9 Å². The first-order valence-electron chi connectivity index (χ1n) is 10.8. The molecule has 33 heavy (non-hydrogen) atoms. The highest BCUT2D eigenvalue weighted by atomic mass is 32.2. The minimum absolute atomic E-state index is 0.0580. The number of amides is 1. The highest BCUT2D eigenvalue weighted by Crippen LogP contribution is 2.31. The lowest BCUT2D eigenvalue weighted by Crippen LogP contribution is -2.24. The van der Waals surface area contributed by atoms with Gasteiger partial charge in [-0.1, -0.05) is 79.0 Å². The molecular formula is C26H29N3O3S. The Morgan fingerprint density at radius 2 is 1.76 bits per heavy atom. The van der Waals surface area contributed by atoms with Crippen LogP contribution in [0.25, 0.3) is 5.76 Å². The molecule has 1 N–H and O–H groups in total. The SMILES string of the molecule is C=C(OCC)c1c(NC(=O)C(CC(C)=O)c2ccccc2)nc(SC)n1Cc1ccccc1. The molecular weight excluding hydrogens is 434 g/mol. The van der Waals surface area contributed by atoms with Crippen molar-refractivity contribution in [3.63, 3.8) is 0 Å². The zero-order chi connectivity index (χ0) is 23.8. The van der Waals surface area contributed by atoms with Gasteiger partial charge in [0, 0.05) is 6.42 Å². The van der Waals surface area contributed by atoms with E-state index >= 15 is 0 Å². The highest BCUT2D eigenvalue weighted by Gasteiger charge is 2.27. The zero-order valence-corrected chi connectivity index (χ0v) is 20.0. The van der Waals surface area contributed by atoms with E-state index in [-0.39, 0.29) is 18.1 Å². The second-order valence-electron chi connectivity index (χ2n) is 7.58. The second-order valence-corrected chi connectivity index (χ2v) is 8.36. The molecule has 0 radical (unpaired) electrons. The van der Waals surface area contributed by atoms with Gasteiger partial charge in [0.05, 0.1) is 19.1 Å². The molecule has 3 rings (SSSR count). The number of Topliss-reactive ketones (excluding diaryl/α,β-unsaturated/α-hetero) is 1. The van der Waals surface area contributed by atoms with Crippen LogP contribution >= 0.6 is 11.8 Å². The van der Waals surface area contributed by atoms with Gasteiger partial charge in [0.25, 0.3) is 0 Å². The third kappa shape index (κ3) is 6.14. The third-order valence-corrected chi connectivity index (χ3v) is 5.81. The van der Waals surface area contributed by atoms with Crippen molar-refractivity contribution in [1.29, 1.82) is 0 Å². The summed E-state index contributed by atoms with van der Waals surface area (Å²) < 4.78 is 7.72. The summed E-state index contributed by atoms with van der Waals surface area (Å²) in [6.07, 6.45) is 2.04. The smallest absolute Gasteiger partial charge is 0.233 e. The lowest BCUT2D eigenvalue weighted by molar-refractivity contribution is -0.123. The van der Waals surface area contributed by atoms with Crippen molar-refractivity contribution >= 4 is 35.0 Å². The summed E-state index contributed by atoms with van der Waals surface area (Å²) in [5.41, 5.74) is 2.49. The number of carbonyl (C=O) groups excluding carboxylic acids is 2. The number of benzene rings is 2. The van der Waals surface area contributed by atoms with Crippen LogP contribution in [0.1, 0.15) is 43.0 Å². The number of imidazole rings is 1. The van der Waals surface area contributed by atoms with Crippen LogP contribution in [-0.2, 0) is 20.9 Å². The van der Waals surface area contributed by atoms with Gasteiger partial charge in [-0.25, -0.2) is 4.98 Å². The van der Waals surface area contributed by atoms with Crippen molar-refractivity contribution in [3.8, 4) is 0 Å². The van der Waals surface area contributed by atoms with Gasteiger partial charge in [-0.15, -0.1) is 0 Å². The number of hydrogen-bond acceptors (Lipinski definition) is 5. The number of carbonyl (C=O) groups is 2. The molecule has 1 heterocycles.